The first-order valence-electron chi connectivity index (χ1n) is 23.7. The molecule has 0 saturated carbocycles. The maximum atomic E-state index is 12.8. The zero-order valence-corrected chi connectivity index (χ0v) is 37.8. The maximum absolute atomic E-state index is 12.8. The molecule has 1 amide bonds. The van der Waals surface area contributed by atoms with Crippen molar-refractivity contribution in [2.24, 2.45) is 5.73 Å². The molecule has 0 aromatic carbocycles. The van der Waals surface area contributed by atoms with Crippen molar-refractivity contribution in [2.45, 2.75) is 238 Å². The third-order valence-corrected chi connectivity index (χ3v) is 11.5. The Hall–Kier alpha value is -1.32. The Morgan fingerprint density at radius 2 is 1.00 bits per heavy atom. The molecule has 0 aliphatic heterocycles. The van der Waals surface area contributed by atoms with Crippen molar-refractivity contribution >= 4 is 13.7 Å². The standard InChI is InChI=1S/C47H91N2O7P/c1-3-5-7-9-11-13-15-17-19-21-23-24-26-28-30-32-34-36-38-44(50)42-47(52)49-45(43-56-57(53,54)55-41-40-48)46(51)39-37-35-33-31-29-27-25-22-20-18-16-14-12-10-8-6-4-2/h23-24,29,31,37,39,44-46,50-51H,3-22,25-28,30,32-36,38,40-43,48H2,1-2H3,(H,49,52)(H,53,54)/b24-23-,31-29+,39-37+. The van der Waals surface area contributed by atoms with Gasteiger partial charge in [0.05, 0.1) is 37.9 Å². The van der Waals surface area contributed by atoms with E-state index >= 15 is 0 Å². The van der Waals surface area contributed by atoms with E-state index in [1.165, 1.54) is 141 Å². The summed E-state index contributed by atoms with van der Waals surface area (Å²) in [4.78, 5) is 22.8. The highest BCUT2D eigenvalue weighted by Crippen LogP contribution is 2.43. The molecular formula is C47H91N2O7P. The summed E-state index contributed by atoms with van der Waals surface area (Å²) < 4.78 is 22.1. The molecule has 57 heavy (non-hydrogen) atoms. The summed E-state index contributed by atoms with van der Waals surface area (Å²) in [5.41, 5.74) is 5.37. The van der Waals surface area contributed by atoms with Gasteiger partial charge in [0.2, 0.25) is 5.91 Å². The molecule has 336 valence electrons. The first-order chi connectivity index (χ1) is 27.8. The van der Waals surface area contributed by atoms with Crippen molar-refractivity contribution in [3.8, 4) is 0 Å². The molecule has 0 aromatic heterocycles. The quantitative estimate of drug-likeness (QED) is 0.0231. The minimum Gasteiger partial charge on any atom is -0.393 e. The molecule has 4 atom stereocenters. The molecule has 0 fully saturated rings. The average Bonchev–Trinajstić information content (AvgIpc) is 3.19. The lowest BCUT2D eigenvalue weighted by molar-refractivity contribution is -0.124. The highest BCUT2D eigenvalue weighted by Gasteiger charge is 2.27. The van der Waals surface area contributed by atoms with Gasteiger partial charge >= 0.3 is 7.82 Å². The summed E-state index contributed by atoms with van der Waals surface area (Å²) in [6.07, 6.45) is 48.0. The molecule has 0 bridgehead atoms. The Labute approximate surface area is 351 Å². The lowest BCUT2D eigenvalue weighted by atomic mass is 10.0. The molecule has 0 aliphatic carbocycles. The van der Waals surface area contributed by atoms with Gasteiger partial charge in [-0.2, -0.15) is 0 Å². The smallest absolute Gasteiger partial charge is 0.393 e. The molecule has 4 unspecified atom stereocenters. The van der Waals surface area contributed by atoms with E-state index in [0.29, 0.717) is 12.8 Å². The van der Waals surface area contributed by atoms with Crippen molar-refractivity contribution in [3.63, 3.8) is 0 Å². The average molecular weight is 827 g/mol. The predicted octanol–water partition coefficient (Wildman–Crippen LogP) is 12.5. The number of aliphatic hydroxyl groups is 2. The normalized spacial score (nSPS) is 14.8. The summed E-state index contributed by atoms with van der Waals surface area (Å²) in [6, 6.07) is -1.00. The van der Waals surface area contributed by atoms with Crippen LogP contribution in [0.25, 0.3) is 0 Å². The molecule has 10 heteroatoms. The molecular weight excluding hydrogens is 735 g/mol. The van der Waals surface area contributed by atoms with Crippen LogP contribution in [-0.4, -0.2) is 59.0 Å². The van der Waals surface area contributed by atoms with E-state index in [1.807, 2.05) is 6.08 Å². The highest BCUT2D eigenvalue weighted by atomic mass is 31.2. The lowest BCUT2D eigenvalue weighted by Gasteiger charge is -2.24. The number of nitrogens with two attached hydrogens (primary N) is 1. The minimum absolute atomic E-state index is 0.0436. The zero-order chi connectivity index (χ0) is 41.9. The number of rotatable bonds is 44. The van der Waals surface area contributed by atoms with E-state index in [2.05, 4.69) is 43.5 Å². The molecule has 0 heterocycles. The van der Waals surface area contributed by atoms with Crippen molar-refractivity contribution in [1.82, 2.24) is 5.32 Å². The lowest BCUT2D eigenvalue weighted by Crippen LogP contribution is -2.46. The van der Waals surface area contributed by atoms with Gasteiger partial charge in [-0.1, -0.05) is 192 Å². The van der Waals surface area contributed by atoms with E-state index in [4.69, 9.17) is 14.8 Å². The number of allylic oxidation sites excluding steroid dienone is 5. The molecule has 0 aromatic rings. The minimum atomic E-state index is -4.41. The number of phosphoric acid groups is 1. The number of carbonyl (C=O) groups excluding carboxylic acids is 1. The predicted molar refractivity (Wildman–Crippen MR) is 241 cm³/mol. The molecule has 0 spiro atoms. The number of amides is 1. The second-order valence-corrected chi connectivity index (χ2v) is 17.6. The second-order valence-electron chi connectivity index (χ2n) is 16.1. The van der Waals surface area contributed by atoms with Gasteiger partial charge in [0.15, 0.2) is 0 Å². The SMILES string of the molecule is CCCCCCCCCCC/C=C\CCCCCCCC(O)CC(=O)NC(COP(=O)(O)OCCN)C(O)/C=C/CC/C=C/CCCCCCCCCCCCC. The number of carbonyl (C=O) groups is 1. The number of unbranched alkanes of at least 4 members (excludes halogenated alkanes) is 26. The molecule has 0 radical (unpaired) electrons. The summed E-state index contributed by atoms with van der Waals surface area (Å²) in [5.74, 6) is -0.460. The van der Waals surface area contributed by atoms with Crippen LogP contribution in [0, 0.1) is 0 Å². The van der Waals surface area contributed by atoms with Crippen LogP contribution < -0.4 is 11.1 Å². The van der Waals surface area contributed by atoms with Crippen molar-refractivity contribution < 1.29 is 33.5 Å². The van der Waals surface area contributed by atoms with E-state index in [0.717, 1.165) is 44.9 Å². The van der Waals surface area contributed by atoms with Gasteiger partial charge in [-0.05, 0) is 57.8 Å². The van der Waals surface area contributed by atoms with Crippen LogP contribution in [0.3, 0.4) is 0 Å². The van der Waals surface area contributed by atoms with Gasteiger partial charge in [0, 0.05) is 6.54 Å². The van der Waals surface area contributed by atoms with Crippen LogP contribution in [0.5, 0.6) is 0 Å². The van der Waals surface area contributed by atoms with Crippen LogP contribution >= 0.6 is 7.82 Å². The number of aliphatic hydroxyl groups excluding tert-OH is 2. The summed E-state index contributed by atoms with van der Waals surface area (Å²) >= 11 is 0. The molecule has 9 nitrogen and oxygen atoms in total. The Balaban J connectivity index is 4.32. The fourth-order valence-electron chi connectivity index (χ4n) is 6.89. The number of hydrogen-bond acceptors (Lipinski definition) is 7. The Morgan fingerprint density at radius 3 is 1.46 bits per heavy atom. The van der Waals surface area contributed by atoms with Gasteiger partial charge in [-0.25, -0.2) is 4.57 Å². The third-order valence-electron chi connectivity index (χ3n) is 10.5. The van der Waals surface area contributed by atoms with E-state index < -0.39 is 38.6 Å². The first-order valence-corrected chi connectivity index (χ1v) is 25.2. The van der Waals surface area contributed by atoms with E-state index in [1.54, 1.807) is 6.08 Å². The highest BCUT2D eigenvalue weighted by molar-refractivity contribution is 7.47. The van der Waals surface area contributed by atoms with Gasteiger partial charge in [0.25, 0.3) is 0 Å². The van der Waals surface area contributed by atoms with Crippen LogP contribution in [0.2, 0.25) is 0 Å². The van der Waals surface area contributed by atoms with Crippen molar-refractivity contribution in [3.05, 3.63) is 36.5 Å². The maximum Gasteiger partial charge on any atom is 0.472 e. The van der Waals surface area contributed by atoms with Crippen molar-refractivity contribution in [1.29, 1.82) is 0 Å². The largest absolute Gasteiger partial charge is 0.472 e. The number of nitrogens with one attached hydrogen (secondary N) is 1. The summed E-state index contributed by atoms with van der Waals surface area (Å²) in [5, 5.41) is 24.1. The Morgan fingerprint density at radius 1 is 0.596 bits per heavy atom. The first kappa shape index (κ1) is 55.7. The summed E-state index contributed by atoms with van der Waals surface area (Å²) in [7, 11) is -4.41. The number of phosphoric ester groups is 1. The monoisotopic (exact) mass is 827 g/mol. The van der Waals surface area contributed by atoms with Gasteiger partial charge in [-0.3, -0.25) is 13.8 Å². The summed E-state index contributed by atoms with van der Waals surface area (Å²) in [6.45, 7) is 3.96. The number of hydrogen-bond donors (Lipinski definition) is 5. The van der Waals surface area contributed by atoms with Gasteiger partial charge in [-0.15, -0.1) is 0 Å². The molecule has 0 aliphatic rings. The molecule has 0 rings (SSSR count). The molecule has 0 saturated heterocycles. The van der Waals surface area contributed by atoms with Gasteiger partial charge in [0.1, 0.15) is 0 Å². The fourth-order valence-corrected chi connectivity index (χ4v) is 7.65. The Bertz CT molecular complexity index is 1010. The van der Waals surface area contributed by atoms with Crippen LogP contribution in [-0.2, 0) is 18.4 Å². The second kappa shape index (κ2) is 42.8. The van der Waals surface area contributed by atoms with Crippen LogP contribution in [0.4, 0.5) is 0 Å². The van der Waals surface area contributed by atoms with E-state index in [-0.39, 0.29) is 19.6 Å². The van der Waals surface area contributed by atoms with Crippen LogP contribution in [0.15, 0.2) is 36.5 Å². The molecule has 6 N–H and O–H groups in total. The topological polar surface area (TPSA) is 151 Å². The van der Waals surface area contributed by atoms with E-state index in [9.17, 15) is 24.5 Å². The van der Waals surface area contributed by atoms with Crippen LogP contribution in [0.1, 0.15) is 219 Å². The van der Waals surface area contributed by atoms with Gasteiger partial charge < -0.3 is 26.2 Å². The fraction of sp³-hybridized carbons (Fsp3) is 0.851. The third kappa shape index (κ3) is 41.2. The van der Waals surface area contributed by atoms with Crippen molar-refractivity contribution in [2.75, 3.05) is 19.8 Å². The zero-order valence-electron chi connectivity index (χ0n) is 36.9. The Kier molecular flexibility index (Phi) is 41.8.